The van der Waals surface area contributed by atoms with Crippen LogP contribution in [-0.2, 0) is 14.8 Å². The van der Waals surface area contributed by atoms with Gasteiger partial charge in [0.15, 0.2) is 0 Å². The Morgan fingerprint density at radius 2 is 1.77 bits per heavy atom. The molecule has 2 aromatic carbocycles. The van der Waals surface area contributed by atoms with E-state index in [1.165, 1.54) is 16.4 Å². The monoisotopic (exact) mass is 461 g/mol. The largest absolute Gasteiger partial charge is 0.376 e. The van der Waals surface area contributed by atoms with Crippen molar-refractivity contribution >= 4 is 38.9 Å². The Labute approximate surface area is 186 Å². The summed E-state index contributed by atoms with van der Waals surface area (Å²) >= 11 is 6.31. The van der Waals surface area contributed by atoms with Gasteiger partial charge in [0.2, 0.25) is 15.9 Å². The maximum Gasteiger partial charge on any atom is 0.243 e. The second-order valence-electron chi connectivity index (χ2n) is 6.63. The van der Waals surface area contributed by atoms with Crippen LogP contribution < -0.4 is 10.6 Å². The smallest absolute Gasteiger partial charge is 0.243 e. The zero-order valence-corrected chi connectivity index (χ0v) is 18.8. The average molecular weight is 462 g/mol. The third kappa shape index (κ3) is 5.43. The minimum atomic E-state index is -3.53. The Kier molecular flexibility index (Phi) is 7.32. The zero-order chi connectivity index (χ0) is 22.4. The van der Waals surface area contributed by atoms with Crippen LogP contribution >= 0.6 is 11.6 Å². The van der Waals surface area contributed by atoms with Crippen molar-refractivity contribution in [3.05, 3.63) is 65.9 Å². The van der Waals surface area contributed by atoms with Crippen molar-refractivity contribution < 1.29 is 13.2 Å². The summed E-state index contributed by atoms with van der Waals surface area (Å²) in [5, 5.41) is 10.4. The van der Waals surface area contributed by atoms with Gasteiger partial charge in [0.05, 0.1) is 22.2 Å². The van der Waals surface area contributed by atoms with Gasteiger partial charge in [-0.25, -0.2) is 13.1 Å². The molecule has 1 aromatic heterocycles. The van der Waals surface area contributed by atoms with Crippen LogP contribution in [0.3, 0.4) is 0 Å². The van der Waals surface area contributed by atoms with Crippen molar-refractivity contribution in [1.29, 1.82) is 0 Å². The molecule has 1 heterocycles. The predicted molar refractivity (Wildman–Crippen MR) is 122 cm³/mol. The third-order valence-electron chi connectivity index (χ3n) is 4.63. The SMILES string of the molecule is CCN(CC)S(=O)(=O)c1ccc(NC(=O)CNc2ccc(-n3cccn3)c(Cl)c2)cc1. The molecule has 0 aliphatic carbocycles. The van der Waals surface area contributed by atoms with E-state index in [9.17, 15) is 13.2 Å². The van der Waals surface area contributed by atoms with E-state index in [0.717, 1.165) is 5.69 Å². The molecule has 0 spiro atoms. The molecule has 3 rings (SSSR count). The zero-order valence-electron chi connectivity index (χ0n) is 17.2. The highest BCUT2D eigenvalue weighted by molar-refractivity contribution is 7.89. The fourth-order valence-corrected chi connectivity index (χ4v) is 4.75. The van der Waals surface area contributed by atoms with E-state index in [-0.39, 0.29) is 17.3 Å². The van der Waals surface area contributed by atoms with Crippen LogP contribution in [0.5, 0.6) is 0 Å². The molecule has 0 radical (unpaired) electrons. The third-order valence-corrected chi connectivity index (χ3v) is 7.00. The van der Waals surface area contributed by atoms with E-state index in [0.29, 0.717) is 29.5 Å². The summed E-state index contributed by atoms with van der Waals surface area (Å²) in [6.45, 7) is 4.41. The van der Waals surface area contributed by atoms with E-state index in [1.54, 1.807) is 55.2 Å². The number of sulfonamides is 1. The number of halogens is 1. The molecule has 1 amide bonds. The standard InChI is InChI=1S/C21H24ClN5O3S/c1-3-26(4-2)31(29,30)18-9-6-16(7-10-18)25-21(28)15-23-17-8-11-20(19(22)14-17)27-13-5-12-24-27/h5-14,23H,3-4,15H2,1-2H3,(H,25,28). The van der Waals surface area contributed by atoms with Crippen LogP contribution in [0.2, 0.25) is 5.02 Å². The van der Waals surface area contributed by atoms with Crippen LogP contribution in [0, 0.1) is 0 Å². The Bertz CT molecular complexity index is 1130. The first-order chi connectivity index (χ1) is 14.8. The normalized spacial score (nSPS) is 11.5. The lowest BCUT2D eigenvalue weighted by Gasteiger charge is -2.18. The number of benzene rings is 2. The molecule has 2 N–H and O–H groups in total. The summed E-state index contributed by atoms with van der Waals surface area (Å²) in [6, 6.07) is 13.3. The molecular weight excluding hydrogens is 438 g/mol. The number of carbonyl (C=O) groups is 1. The van der Waals surface area contributed by atoms with Gasteiger partial charge in [-0.1, -0.05) is 25.4 Å². The number of hydrogen-bond acceptors (Lipinski definition) is 5. The number of nitrogens with zero attached hydrogens (tertiary/aromatic N) is 3. The van der Waals surface area contributed by atoms with Gasteiger partial charge >= 0.3 is 0 Å². The average Bonchev–Trinajstić information content (AvgIpc) is 3.28. The molecule has 3 aromatic rings. The number of rotatable bonds is 9. The van der Waals surface area contributed by atoms with E-state index < -0.39 is 10.0 Å². The summed E-state index contributed by atoms with van der Waals surface area (Å²) < 4.78 is 28.1. The molecular formula is C21H24ClN5O3S. The lowest BCUT2D eigenvalue weighted by atomic mass is 10.2. The topological polar surface area (TPSA) is 96.3 Å². The molecule has 31 heavy (non-hydrogen) atoms. The van der Waals surface area contributed by atoms with Gasteiger partial charge in [0.25, 0.3) is 0 Å². The number of carbonyl (C=O) groups excluding carboxylic acids is 1. The maximum absolute atomic E-state index is 12.5. The van der Waals surface area contributed by atoms with Crippen LogP contribution in [0.25, 0.3) is 5.69 Å². The minimum absolute atomic E-state index is 0.0247. The van der Waals surface area contributed by atoms with Crippen molar-refractivity contribution in [2.75, 3.05) is 30.3 Å². The second-order valence-corrected chi connectivity index (χ2v) is 8.98. The Balaban J connectivity index is 1.58. The molecule has 0 saturated carbocycles. The molecule has 0 aliphatic heterocycles. The summed E-state index contributed by atoms with van der Waals surface area (Å²) in [6.07, 6.45) is 3.46. The van der Waals surface area contributed by atoms with Gasteiger partial charge in [-0.2, -0.15) is 9.40 Å². The van der Waals surface area contributed by atoms with Crippen LogP contribution in [0.1, 0.15) is 13.8 Å². The number of anilines is 2. The molecule has 0 aliphatic rings. The van der Waals surface area contributed by atoms with Crippen molar-refractivity contribution in [1.82, 2.24) is 14.1 Å². The quantitative estimate of drug-likeness (QED) is 0.507. The highest BCUT2D eigenvalue weighted by Gasteiger charge is 2.21. The van der Waals surface area contributed by atoms with Crippen molar-refractivity contribution in [2.24, 2.45) is 0 Å². The van der Waals surface area contributed by atoms with Crippen molar-refractivity contribution in [2.45, 2.75) is 18.7 Å². The van der Waals surface area contributed by atoms with Crippen LogP contribution in [0.4, 0.5) is 11.4 Å². The summed E-state index contributed by atoms with van der Waals surface area (Å²) in [4.78, 5) is 12.5. The molecule has 0 atom stereocenters. The van der Waals surface area contributed by atoms with E-state index >= 15 is 0 Å². The van der Waals surface area contributed by atoms with Gasteiger partial charge in [-0.3, -0.25) is 4.79 Å². The van der Waals surface area contributed by atoms with Crippen LogP contribution in [0.15, 0.2) is 65.8 Å². The Hall–Kier alpha value is -2.88. The first-order valence-corrected chi connectivity index (χ1v) is 11.6. The lowest BCUT2D eigenvalue weighted by molar-refractivity contribution is -0.114. The van der Waals surface area contributed by atoms with E-state index in [1.807, 2.05) is 12.1 Å². The predicted octanol–water partition coefficient (Wildman–Crippen LogP) is 3.61. The number of nitrogens with one attached hydrogen (secondary N) is 2. The number of amides is 1. The second kappa shape index (κ2) is 9.95. The molecule has 0 fully saturated rings. The number of hydrogen-bond donors (Lipinski definition) is 2. The van der Waals surface area contributed by atoms with Crippen molar-refractivity contribution in [3.8, 4) is 5.69 Å². The highest BCUT2D eigenvalue weighted by atomic mass is 35.5. The summed E-state index contributed by atoms with van der Waals surface area (Å²) in [5.41, 5.74) is 1.94. The molecule has 0 bridgehead atoms. The summed E-state index contributed by atoms with van der Waals surface area (Å²) in [5.74, 6) is -0.272. The molecule has 8 nitrogen and oxygen atoms in total. The van der Waals surface area contributed by atoms with E-state index in [4.69, 9.17) is 11.6 Å². The van der Waals surface area contributed by atoms with Gasteiger partial charge in [0, 0.05) is 36.9 Å². The molecule has 0 saturated heterocycles. The fourth-order valence-electron chi connectivity index (χ4n) is 3.02. The fraction of sp³-hybridized carbons (Fsp3) is 0.238. The Morgan fingerprint density at radius 1 is 1.10 bits per heavy atom. The molecule has 0 unspecified atom stereocenters. The maximum atomic E-state index is 12.5. The Morgan fingerprint density at radius 3 is 2.35 bits per heavy atom. The van der Waals surface area contributed by atoms with Gasteiger partial charge in [0.1, 0.15) is 0 Å². The van der Waals surface area contributed by atoms with Gasteiger partial charge < -0.3 is 10.6 Å². The lowest BCUT2D eigenvalue weighted by Crippen LogP contribution is -2.30. The first kappa shape index (κ1) is 22.8. The highest BCUT2D eigenvalue weighted by Crippen LogP contribution is 2.24. The van der Waals surface area contributed by atoms with Crippen LogP contribution in [-0.4, -0.2) is 48.0 Å². The van der Waals surface area contributed by atoms with Gasteiger partial charge in [-0.15, -0.1) is 0 Å². The number of aromatic nitrogens is 2. The molecule has 164 valence electrons. The van der Waals surface area contributed by atoms with Gasteiger partial charge in [-0.05, 0) is 48.5 Å². The summed E-state index contributed by atoms with van der Waals surface area (Å²) in [7, 11) is -3.53. The molecule has 10 heteroatoms. The minimum Gasteiger partial charge on any atom is -0.376 e. The first-order valence-electron chi connectivity index (χ1n) is 9.78. The van der Waals surface area contributed by atoms with E-state index in [2.05, 4.69) is 15.7 Å². The van der Waals surface area contributed by atoms with Crippen molar-refractivity contribution in [3.63, 3.8) is 0 Å².